The summed E-state index contributed by atoms with van der Waals surface area (Å²) >= 11 is 0. The van der Waals surface area contributed by atoms with Crippen LogP contribution in [-0.4, -0.2) is 94.1 Å². The van der Waals surface area contributed by atoms with Gasteiger partial charge in [-0.25, -0.2) is 13.4 Å². The fourth-order valence-electron chi connectivity index (χ4n) is 2.39. The minimum Gasteiger partial charge on any atom is -0.382 e. The monoisotopic (exact) mass is 504 g/mol. The summed E-state index contributed by atoms with van der Waals surface area (Å²) in [5.74, 6) is 0.563. The number of halogens is 1. The molecular weight excluding hydrogens is 471 g/mol. The average molecular weight is 504 g/mol. The van der Waals surface area contributed by atoms with Gasteiger partial charge >= 0.3 is 0 Å². The lowest BCUT2D eigenvalue weighted by atomic mass is 10.2. The molecule has 10 heteroatoms. The van der Waals surface area contributed by atoms with Crippen molar-refractivity contribution < 1.29 is 17.9 Å². The lowest BCUT2D eigenvalue weighted by Gasteiger charge is -2.39. The number of nitrogens with zero attached hydrogens (tertiary/aromatic N) is 3. The minimum atomic E-state index is -3.12. The molecule has 1 heterocycles. The first-order valence-corrected chi connectivity index (χ1v) is 10.3. The van der Waals surface area contributed by atoms with Crippen molar-refractivity contribution in [3.63, 3.8) is 0 Å². The van der Waals surface area contributed by atoms with E-state index in [1.807, 2.05) is 11.8 Å². The Hall–Kier alpha value is -0.620. The molecule has 0 aromatic heterocycles. The van der Waals surface area contributed by atoms with E-state index in [-0.39, 0.29) is 42.2 Å². The molecule has 0 bridgehead atoms. The summed E-state index contributed by atoms with van der Waals surface area (Å²) in [7, 11) is 0.244. The second kappa shape index (κ2) is 11.3. The smallest absolute Gasteiger partial charge is 0.243 e. The normalized spacial score (nSPS) is 18.8. The van der Waals surface area contributed by atoms with Crippen molar-refractivity contribution in [2.24, 2.45) is 4.99 Å². The number of nitrogens with one attached hydrogen (secondary N) is 1. The van der Waals surface area contributed by atoms with E-state index in [1.165, 1.54) is 4.90 Å². The number of guanidine groups is 1. The van der Waals surface area contributed by atoms with Crippen molar-refractivity contribution in [2.45, 2.75) is 31.9 Å². The number of carbonyl (C=O) groups excluding carboxylic acids is 1. The highest BCUT2D eigenvalue weighted by Gasteiger charge is 2.41. The molecule has 0 aromatic rings. The van der Waals surface area contributed by atoms with E-state index in [2.05, 4.69) is 10.3 Å². The van der Waals surface area contributed by atoms with Crippen LogP contribution in [0, 0.1) is 0 Å². The number of hydrogen-bond acceptors (Lipinski definition) is 5. The maximum absolute atomic E-state index is 12.2. The minimum absolute atomic E-state index is 0. The van der Waals surface area contributed by atoms with Crippen LogP contribution in [0.4, 0.5) is 0 Å². The Labute approximate surface area is 174 Å². The zero-order valence-corrected chi connectivity index (χ0v) is 19.6. The third-order valence-corrected chi connectivity index (χ3v) is 6.69. The molecule has 0 unspecified atom stereocenters. The van der Waals surface area contributed by atoms with Crippen LogP contribution in [-0.2, 0) is 19.4 Å². The first-order chi connectivity index (χ1) is 11.6. The Morgan fingerprint density at radius 2 is 2.00 bits per heavy atom. The molecule has 154 valence electrons. The maximum atomic E-state index is 12.2. The SMILES string of the molecule is CCOCCCNC(=NCC(=O)N(C)C)N1CCS(=O)(=O)C(C)(C)C1.I. The second-order valence-electron chi connectivity index (χ2n) is 6.91. The Balaban J connectivity index is 0.00000625. The molecule has 0 spiro atoms. The van der Waals surface area contributed by atoms with Crippen molar-refractivity contribution >= 4 is 45.7 Å². The van der Waals surface area contributed by atoms with Gasteiger partial charge in [-0.3, -0.25) is 4.79 Å². The molecule has 1 amide bonds. The summed E-state index contributed by atoms with van der Waals surface area (Å²) in [5.41, 5.74) is 0. The van der Waals surface area contributed by atoms with Gasteiger partial charge in [-0.15, -0.1) is 24.0 Å². The Morgan fingerprint density at radius 3 is 2.54 bits per heavy atom. The zero-order chi connectivity index (χ0) is 19.1. The number of amides is 1. The van der Waals surface area contributed by atoms with Crippen molar-refractivity contribution in [2.75, 3.05) is 59.2 Å². The highest BCUT2D eigenvalue weighted by Crippen LogP contribution is 2.23. The molecule has 1 N–H and O–H groups in total. The van der Waals surface area contributed by atoms with E-state index in [9.17, 15) is 13.2 Å². The van der Waals surface area contributed by atoms with Gasteiger partial charge in [-0.05, 0) is 27.2 Å². The lowest BCUT2D eigenvalue weighted by molar-refractivity contribution is -0.127. The molecule has 26 heavy (non-hydrogen) atoms. The molecule has 1 rings (SSSR count). The van der Waals surface area contributed by atoms with Gasteiger partial charge in [0.15, 0.2) is 15.8 Å². The molecule has 1 aliphatic heterocycles. The fraction of sp³-hybridized carbons (Fsp3) is 0.875. The number of rotatable bonds is 7. The molecule has 0 atom stereocenters. The number of hydrogen-bond donors (Lipinski definition) is 1. The molecule has 8 nitrogen and oxygen atoms in total. The van der Waals surface area contributed by atoms with E-state index < -0.39 is 14.6 Å². The van der Waals surface area contributed by atoms with E-state index in [0.717, 1.165) is 6.42 Å². The van der Waals surface area contributed by atoms with Crippen molar-refractivity contribution in [3.8, 4) is 0 Å². The topological polar surface area (TPSA) is 91.3 Å². The molecule has 0 saturated carbocycles. The van der Waals surface area contributed by atoms with Crippen molar-refractivity contribution in [1.29, 1.82) is 0 Å². The van der Waals surface area contributed by atoms with E-state index in [4.69, 9.17) is 4.74 Å². The Morgan fingerprint density at radius 1 is 1.35 bits per heavy atom. The summed E-state index contributed by atoms with van der Waals surface area (Å²) in [5, 5.41) is 3.24. The van der Waals surface area contributed by atoms with Gasteiger partial charge in [0.25, 0.3) is 0 Å². The second-order valence-corrected chi connectivity index (χ2v) is 9.65. The van der Waals surface area contributed by atoms with Crippen LogP contribution in [0.3, 0.4) is 0 Å². The van der Waals surface area contributed by atoms with Crippen LogP contribution >= 0.6 is 24.0 Å². The summed E-state index contributed by atoms with van der Waals surface area (Å²) in [6, 6.07) is 0. The van der Waals surface area contributed by atoms with Gasteiger partial charge in [-0.1, -0.05) is 0 Å². The number of ether oxygens (including phenoxy) is 1. The largest absolute Gasteiger partial charge is 0.382 e. The quantitative estimate of drug-likeness (QED) is 0.236. The van der Waals surface area contributed by atoms with Gasteiger partial charge in [0.2, 0.25) is 5.91 Å². The number of carbonyl (C=O) groups is 1. The summed E-state index contributed by atoms with van der Waals surface area (Å²) in [4.78, 5) is 19.6. The van der Waals surface area contributed by atoms with Gasteiger partial charge < -0.3 is 19.9 Å². The highest BCUT2D eigenvalue weighted by atomic mass is 127. The highest BCUT2D eigenvalue weighted by molar-refractivity contribution is 14.0. The average Bonchev–Trinajstić information content (AvgIpc) is 2.52. The molecular formula is C16H33IN4O4S. The van der Waals surface area contributed by atoms with Crippen LogP contribution in [0.5, 0.6) is 0 Å². The third kappa shape index (κ3) is 7.55. The molecule has 0 aromatic carbocycles. The van der Waals surface area contributed by atoms with Crippen LogP contribution in [0.25, 0.3) is 0 Å². The van der Waals surface area contributed by atoms with E-state index in [1.54, 1.807) is 27.9 Å². The van der Waals surface area contributed by atoms with Crippen molar-refractivity contribution in [3.05, 3.63) is 0 Å². The first-order valence-electron chi connectivity index (χ1n) is 8.64. The Kier molecular flexibility index (Phi) is 11.0. The molecule has 1 fully saturated rings. The maximum Gasteiger partial charge on any atom is 0.243 e. The number of likely N-dealkylation sites (N-methyl/N-ethyl adjacent to an activating group) is 1. The standard InChI is InChI=1S/C16H32N4O4S.HI/c1-6-24-10-7-8-17-15(18-12-14(21)19(4)5)20-9-11-25(22,23)16(2,3)13-20;/h6-13H2,1-5H3,(H,17,18);1H. The lowest BCUT2D eigenvalue weighted by Crippen LogP contribution is -2.57. The molecule has 1 saturated heterocycles. The van der Waals surface area contributed by atoms with Crippen LogP contribution in [0.2, 0.25) is 0 Å². The van der Waals surface area contributed by atoms with Gasteiger partial charge in [0, 0.05) is 46.9 Å². The van der Waals surface area contributed by atoms with Gasteiger partial charge in [0.1, 0.15) is 6.54 Å². The Bertz CT molecular complexity index is 579. The van der Waals surface area contributed by atoms with Gasteiger partial charge in [-0.2, -0.15) is 0 Å². The number of aliphatic imine (C=N–C) groups is 1. The first kappa shape index (κ1) is 25.4. The number of sulfone groups is 1. The summed E-state index contributed by atoms with van der Waals surface area (Å²) in [6.07, 6.45) is 0.810. The predicted molar refractivity (Wildman–Crippen MR) is 115 cm³/mol. The summed E-state index contributed by atoms with van der Waals surface area (Å²) in [6.45, 7) is 8.14. The van der Waals surface area contributed by atoms with Crippen LogP contribution in [0.1, 0.15) is 27.2 Å². The van der Waals surface area contributed by atoms with Crippen molar-refractivity contribution in [1.82, 2.24) is 15.1 Å². The van der Waals surface area contributed by atoms with E-state index in [0.29, 0.717) is 38.8 Å². The molecule has 0 aliphatic carbocycles. The molecule has 1 aliphatic rings. The summed E-state index contributed by atoms with van der Waals surface area (Å²) < 4.78 is 28.9. The molecule has 0 radical (unpaired) electrons. The predicted octanol–water partition coefficient (Wildman–Crippen LogP) is 0.574. The fourth-order valence-corrected chi connectivity index (χ4v) is 3.76. The van der Waals surface area contributed by atoms with Crippen LogP contribution in [0.15, 0.2) is 4.99 Å². The third-order valence-electron chi connectivity index (χ3n) is 4.16. The van der Waals surface area contributed by atoms with E-state index >= 15 is 0 Å². The van der Waals surface area contributed by atoms with Crippen LogP contribution < -0.4 is 5.32 Å². The van der Waals surface area contributed by atoms with Gasteiger partial charge in [0.05, 0.1) is 10.5 Å². The zero-order valence-electron chi connectivity index (χ0n) is 16.4.